The molecule has 5 heteroatoms. The molecule has 2 N–H and O–H groups in total. The lowest BCUT2D eigenvalue weighted by molar-refractivity contribution is -0.122. The maximum absolute atomic E-state index is 11.7. The fourth-order valence-corrected chi connectivity index (χ4v) is 2.83. The van der Waals surface area contributed by atoms with E-state index in [2.05, 4.69) is 9.88 Å². The number of benzene rings is 1. The van der Waals surface area contributed by atoms with Gasteiger partial charge in [-0.1, -0.05) is 18.2 Å². The number of amides is 1. The number of nitrogens with two attached hydrogens (primary N) is 1. The molecule has 2 atom stereocenters. The van der Waals surface area contributed by atoms with Crippen molar-refractivity contribution in [3.63, 3.8) is 0 Å². The first kappa shape index (κ1) is 14.5. The monoisotopic (exact) mass is 297 g/mol. The van der Waals surface area contributed by atoms with Gasteiger partial charge in [-0.05, 0) is 29.8 Å². The number of hydrogen-bond acceptors (Lipinski definition) is 4. The second kappa shape index (κ2) is 6.58. The minimum Gasteiger partial charge on any atom is -0.489 e. The van der Waals surface area contributed by atoms with Gasteiger partial charge >= 0.3 is 0 Å². The topological polar surface area (TPSA) is 68.5 Å². The summed E-state index contributed by atoms with van der Waals surface area (Å²) >= 11 is 0. The SMILES string of the molecule is NC(=O)C1CC(Oc2ccccc2)CN1Cc1ccncc1. The molecule has 1 amide bonds. The van der Waals surface area contributed by atoms with Crippen LogP contribution in [0.1, 0.15) is 12.0 Å². The Balaban J connectivity index is 1.68. The van der Waals surface area contributed by atoms with Crippen LogP contribution in [0.4, 0.5) is 0 Å². The van der Waals surface area contributed by atoms with E-state index < -0.39 is 0 Å². The minimum atomic E-state index is -0.298. The van der Waals surface area contributed by atoms with E-state index in [0.717, 1.165) is 11.3 Å². The maximum Gasteiger partial charge on any atom is 0.234 e. The number of aromatic nitrogens is 1. The van der Waals surface area contributed by atoms with Crippen LogP contribution < -0.4 is 10.5 Å². The summed E-state index contributed by atoms with van der Waals surface area (Å²) in [5, 5.41) is 0. The number of carbonyl (C=O) groups is 1. The quantitative estimate of drug-likeness (QED) is 0.910. The van der Waals surface area contributed by atoms with Crippen LogP contribution in [0.5, 0.6) is 5.75 Å². The summed E-state index contributed by atoms with van der Waals surface area (Å²) in [6, 6.07) is 13.3. The molecule has 1 aromatic carbocycles. The molecular weight excluding hydrogens is 278 g/mol. The third-order valence-electron chi connectivity index (χ3n) is 3.87. The summed E-state index contributed by atoms with van der Waals surface area (Å²) in [5.74, 6) is 0.523. The minimum absolute atomic E-state index is 0.0262. The number of para-hydroxylation sites is 1. The highest BCUT2D eigenvalue weighted by Gasteiger charge is 2.36. The largest absolute Gasteiger partial charge is 0.489 e. The summed E-state index contributed by atoms with van der Waals surface area (Å²) in [6.07, 6.45) is 4.10. The van der Waals surface area contributed by atoms with Gasteiger partial charge in [0.05, 0.1) is 6.04 Å². The molecule has 1 aliphatic heterocycles. The molecule has 2 heterocycles. The van der Waals surface area contributed by atoms with Crippen molar-refractivity contribution in [3.05, 3.63) is 60.4 Å². The Hall–Kier alpha value is -2.40. The molecule has 1 aliphatic rings. The van der Waals surface area contributed by atoms with Crippen LogP contribution in [0.15, 0.2) is 54.9 Å². The van der Waals surface area contributed by atoms with Gasteiger partial charge in [0.2, 0.25) is 5.91 Å². The van der Waals surface area contributed by atoms with Gasteiger partial charge in [0.1, 0.15) is 11.9 Å². The molecule has 2 aromatic rings. The first-order valence-electron chi connectivity index (χ1n) is 7.36. The second-order valence-electron chi connectivity index (χ2n) is 5.49. The Morgan fingerprint density at radius 1 is 1.23 bits per heavy atom. The van der Waals surface area contributed by atoms with E-state index in [1.807, 2.05) is 42.5 Å². The van der Waals surface area contributed by atoms with Gasteiger partial charge in [0, 0.05) is 31.9 Å². The molecule has 3 rings (SSSR count). The van der Waals surface area contributed by atoms with Crippen molar-refractivity contribution in [1.82, 2.24) is 9.88 Å². The summed E-state index contributed by atoms with van der Waals surface area (Å²) in [4.78, 5) is 17.8. The Morgan fingerprint density at radius 3 is 2.64 bits per heavy atom. The van der Waals surface area contributed by atoms with Gasteiger partial charge in [-0.15, -0.1) is 0 Å². The van der Waals surface area contributed by atoms with E-state index in [1.165, 1.54) is 0 Å². The van der Waals surface area contributed by atoms with Gasteiger partial charge in [-0.3, -0.25) is 14.7 Å². The van der Waals surface area contributed by atoms with Crippen LogP contribution in [0.3, 0.4) is 0 Å². The van der Waals surface area contributed by atoms with Crippen molar-refractivity contribution in [2.45, 2.75) is 25.1 Å². The Bertz CT molecular complexity index is 618. The number of ether oxygens (including phenoxy) is 1. The predicted molar refractivity (Wildman–Crippen MR) is 83.1 cm³/mol. The van der Waals surface area contributed by atoms with E-state index >= 15 is 0 Å². The van der Waals surface area contributed by atoms with E-state index in [-0.39, 0.29) is 18.1 Å². The zero-order valence-electron chi connectivity index (χ0n) is 12.3. The number of primary amides is 1. The van der Waals surface area contributed by atoms with Crippen molar-refractivity contribution >= 4 is 5.91 Å². The molecule has 0 spiro atoms. The van der Waals surface area contributed by atoms with Crippen molar-refractivity contribution < 1.29 is 9.53 Å². The fraction of sp³-hybridized carbons (Fsp3) is 0.294. The second-order valence-corrected chi connectivity index (χ2v) is 5.49. The number of rotatable bonds is 5. The summed E-state index contributed by atoms with van der Waals surface area (Å²) in [6.45, 7) is 1.36. The molecule has 114 valence electrons. The standard InChI is InChI=1S/C17H19N3O2/c18-17(21)16-10-15(22-14-4-2-1-3-5-14)12-20(16)11-13-6-8-19-9-7-13/h1-9,15-16H,10-12H2,(H2,18,21). The van der Waals surface area contributed by atoms with Crippen LogP contribution in [0.2, 0.25) is 0 Å². The predicted octanol–water partition coefficient (Wildman–Crippen LogP) is 1.59. The third kappa shape index (κ3) is 3.43. The Morgan fingerprint density at radius 2 is 1.95 bits per heavy atom. The number of hydrogen-bond donors (Lipinski definition) is 1. The van der Waals surface area contributed by atoms with Crippen LogP contribution >= 0.6 is 0 Å². The zero-order chi connectivity index (χ0) is 15.4. The highest BCUT2D eigenvalue weighted by atomic mass is 16.5. The number of nitrogens with zero attached hydrogens (tertiary/aromatic N) is 2. The molecule has 1 fully saturated rings. The average molecular weight is 297 g/mol. The molecule has 2 unspecified atom stereocenters. The molecule has 0 aliphatic carbocycles. The lowest BCUT2D eigenvalue weighted by Crippen LogP contribution is -2.39. The fourth-order valence-electron chi connectivity index (χ4n) is 2.83. The normalized spacial score (nSPS) is 21.6. The number of likely N-dealkylation sites (tertiary alicyclic amines) is 1. The smallest absolute Gasteiger partial charge is 0.234 e. The molecule has 5 nitrogen and oxygen atoms in total. The van der Waals surface area contributed by atoms with E-state index in [0.29, 0.717) is 19.5 Å². The summed E-state index contributed by atoms with van der Waals surface area (Å²) in [7, 11) is 0. The highest BCUT2D eigenvalue weighted by molar-refractivity contribution is 5.80. The molecule has 1 saturated heterocycles. The summed E-state index contributed by atoms with van der Waals surface area (Å²) in [5.41, 5.74) is 6.66. The first-order valence-corrected chi connectivity index (χ1v) is 7.36. The van der Waals surface area contributed by atoms with Gasteiger partial charge in [0.15, 0.2) is 0 Å². The van der Waals surface area contributed by atoms with Crippen molar-refractivity contribution in [2.24, 2.45) is 5.73 Å². The van der Waals surface area contributed by atoms with Gasteiger partial charge < -0.3 is 10.5 Å². The zero-order valence-corrected chi connectivity index (χ0v) is 12.3. The summed E-state index contributed by atoms with van der Waals surface area (Å²) < 4.78 is 5.96. The Labute approximate surface area is 129 Å². The third-order valence-corrected chi connectivity index (χ3v) is 3.87. The maximum atomic E-state index is 11.7. The molecular formula is C17H19N3O2. The van der Waals surface area contributed by atoms with Gasteiger partial charge in [0.25, 0.3) is 0 Å². The Kier molecular flexibility index (Phi) is 4.34. The average Bonchev–Trinajstić information content (AvgIpc) is 2.92. The highest BCUT2D eigenvalue weighted by Crippen LogP contribution is 2.24. The van der Waals surface area contributed by atoms with Gasteiger partial charge in [-0.2, -0.15) is 0 Å². The van der Waals surface area contributed by atoms with Crippen LogP contribution in [0.25, 0.3) is 0 Å². The van der Waals surface area contributed by atoms with E-state index in [1.54, 1.807) is 12.4 Å². The lowest BCUT2D eigenvalue weighted by Gasteiger charge is -2.21. The van der Waals surface area contributed by atoms with E-state index in [9.17, 15) is 4.79 Å². The van der Waals surface area contributed by atoms with Crippen LogP contribution in [-0.2, 0) is 11.3 Å². The van der Waals surface area contributed by atoms with Crippen LogP contribution in [-0.4, -0.2) is 34.5 Å². The van der Waals surface area contributed by atoms with Crippen LogP contribution in [0, 0.1) is 0 Å². The van der Waals surface area contributed by atoms with Crippen molar-refractivity contribution in [2.75, 3.05) is 6.54 Å². The van der Waals surface area contributed by atoms with Crippen molar-refractivity contribution in [1.29, 1.82) is 0 Å². The molecule has 22 heavy (non-hydrogen) atoms. The van der Waals surface area contributed by atoms with Gasteiger partial charge in [-0.25, -0.2) is 0 Å². The lowest BCUT2D eigenvalue weighted by atomic mass is 10.2. The number of carbonyl (C=O) groups excluding carboxylic acids is 1. The molecule has 0 bridgehead atoms. The van der Waals surface area contributed by atoms with Crippen molar-refractivity contribution in [3.8, 4) is 5.75 Å². The molecule has 0 radical (unpaired) electrons. The molecule has 0 saturated carbocycles. The first-order chi connectivity index (χ1) is 10.7. The number of pyridine rings is 1. The molecule has 1 aromatic heterocycles. The van der Waals surface area contributed by atoms with E-state index in [4.69, 9.17) is 10.5 Å².